The normalized spacial score (nSPS) is 10.2. The lowest BCUT2D eigenvalue weighted by molar-refractivity contribution is -0.121. The van der Waals surface area contributed by atoms with Gasteiger partial charge in [-0.1, -0.05) is 60.2 Å². The van der Waals surface area contributed by atoms with Gasteiger partial charge in [-0.2, -0.15) is 0 Å². The van der Waals surface area contributed by atoms with Crippen LogP contribution in [0.1, 0.15) is 23.1 Å². The van der Waals surface area contributed by atoms with Gasteiger partial charge in [0.2, 0.25) is 5.91 Å². The van der Waals surface area contributed by atoms with Crippen molar-refractivity contribution < 1.29 is 4.79 Å². The first kappa shape index (κ1) is 14.3. The van der Waals surface area contributed by atoms with Crippen LogP contribution in [-0.4, -0.2) is 12.5 Å². The molecule has 2 aromatic rings. The number of amides is 1. The summed E-state index contributed by atoms with van der Waals surface area (Å²) in [5, 5.41) is 2.97. The number of hydrogen-bond acceptors (Lipinski definition) is 1. The molecule has 0 atom stereocenters. The molecule has 0 radical (unpaired) electrons. The number of rotatable bonds is 6. The average molecular weight is 267 g/mol. The second-order valence-corrected chi connectivity index (χ2v) is 5.07. The molecule has 0 fully saturated rings. The van der Waals surface area contributed by atoms with Gasteiger partial charge in [-0.05, 0) is 30.9 Å². The van der Waals surface area contributed by atoms with Crippen LogP contribution < -0.4 is 5.32 Å². The molecule has 0 saturated heterocycles. The molecule has 2 heteroatoms. The van der Waals surface area contributed by atoms with Crippen LogP contribution in [0.25, 0.3) is 0 Å². The van der Waals surface area contributed by atoms with Crippen LogP contribution in [-0.2, 0) is 17.6 Å². The number of benzene rings is 2. The molecule has 2 nitrogen and oxygen atoms in total. The third-order valence-electron chi connectivity index (χ3n) is 3.34. The molecule has 20 heavy (non-hydrogen) atoms. The molecule has 2 rings (SSSR count). The summed E-state index contributed by atoms with van der Waals surface area (Å²) in [6.07, 6.45) is 2.24. The first-order valence-corrected chi connectivity index (χ1v) is 7.10. The van der Waals surface area contributed by atoms with E-state index in [9.17, 15) is 4.79 Å². The average Bonchev–Trinajstić information content (AvgIpc) is 2.48. The van der Waals surface area contributed by atoms with Crippen molar-refractivity contribution in [2.24, 2.45) is 0 Å². The zero-order valence-corrected chi connectivity index (χ0v) is 11.9. The van der Waals surface area contributed by atoms with E-state index in [1.165, 1.54) is 16.7 Å². The first-order chi connectivity index (χ1) is 9.74. The Morgan fingerprint density at radius 2 is 1.55 bits per heavy atom. The lowest BCUT2D eigenvalue weighted by Crippen LogP contribution is -2.25. The molecule has 2 aromatic carbocycles. The molecule has 1 amide bonds. The Bertz CT molecular complexity index is 531. The molecule has 0 aliphatic heterocycles. The van der Waals surface area contributed by atoms with Crippen LogP contribution in [0.3, 0.4) is 0 Å². The highest BCUT2D eigenvalue weighted by molar-refractivity contribution is 5.76. The predicted octanol–water partition coefficient (Wildman–Crippen LogP) is 3.29. The van der Waals surface area contributed by atoms with E-state index in [4.69, 9.17) is 0 Å². The zero-order valence-electron chi connectivity index (χ0n) is 11.9. The summed E-state index contributed by atoms with van der Waals surface area (Å²) in [4.78, 5) is 11.8. The zero-order chi connectivity index (χ0) is 14.2. The van der Waals surface area contributed by atoms with Gasteiger partial charge >= 0.3 is 0 Å². The highest BCUT2D eigenvalue weighted by Gasteiger charge is 2.02. The third-order valence-corrected chi connectivity index (χ3v) is 3.34. The van der Waals surface area contributed by atoms with Crippen molar-refractivity contribution in [2.75, 3.05) is 6.54 Å². The molecule has 0 spiro atoms. The summed E-state index contributed by atoms with van der Waals surface area (Å²) in [7, 11) is 0. The maximum absolute atomic E-state index is 11.8. The number of hydrogen-bond donors (Lipinski definition) is 1. The molecular formula is C18H21NO. The summed E-state index contributed by atoms with van der Waals surface area (Å²) in [6, 6.07) is 18.6. The van der Waals surface area contributed by atoms with Crippen molar-refractivity contribution >= 4 is 5.91 Å². The summed E-state index contributed by atoms with van der Waals surface area (Å²) in [5.41, 5.74) is 3.72. The van der Waals surface area contributed by atoms with E-state index in [1.54, 1.807) is 0 Å². The molecule has 0 bridgehead atoms. The number of aryl methyl sites for hydroxylation is 2. The van der Waals surface area contributed by atoms with Crippen molar-refractivity contribution in [1.29, 1.82) is 0 Å². The van der Waals surface area contributed by atoms with Crippen LogP contribution in [0.2, 0.25) is 0 Å². The van der Waals surface area contributed by atoms with Crippen molar-refractivity contribution in [3.63, 3.8) is 0 Å². The molecule has 0 unspecified atom stereocenters. The molecule has 0 aromatic heterocycles. The van der Waals surface area contributed by atoms with E-state index in [2.05, 4.69) is 48.6 Å². The molecule has 104 valence electrons. The summed E-state index contributed by atoms with van der Waals surface area (Å²) >= 11 is 0. The summed E-state index contributed by atoms with van der Waals surface area (Å²) in [5.74, 6) is 0.126. The number of carbonyl (C=O) groups is 1. The summed E-state index contributed by atoms with van der Waals surface area (Å²) < 4.78 is 0. The Morgan fingerprint density at radius 1 is 0.900 bits per heavy atom. The van der Waals surface area contributed by atoms with Crippen molar-refractivity contribution in [1.82, 2.24) is 5.32 Å². The van der Waals surface area contributed by atoms with E-state index in [0.29, 0.717) is 13.0 Å². The molecule has 0 aliphatic rings. The lowest BCUT2D eigenvalue weighted by atomic mass is 10.1. The van der Waals surface area contributed by atoms with Gasteiger partial charge < -0.3 is 5.32 Å². The van der Waals surface area contributed by atoms with E-state index < -0.39 is 0 Å². The molecule has 1 N–H and O–H groups in total. The number of nitrogens with one attached hydrogen (secondary N) is 1. The van der Waals surface area contributed by atoms with Gasteiger partial charge in [-0.3, -0.25) is 4.79 Å². The molecular weight excluding hydrogens is 246 g/mol. The molecule has 0 aliphatic carbocycles. The quantitative estimate of drug-likeness (QED) is 0.855. The van der Waals surface area contributed by atoms with Crippen LogP contribution >= 0.6 is 0 Å². The van der Waals surface area contributed by atoms with E-state index in [0.717, 1.165) is 12.8 Å². The Labute approximate surface area is 120 Å². The smallest absolute Gasteiger partial charge is 0.220 e. The monoisotopic (exact) mass is 267 g/mol. The van der Waals surface area contributed by atoms with Crippen molar-refractivity contribution in [3.8, 4) is 0 Å². The van der Waals surface area contributed by atoms with Gasteiger partial charge in [-0.15, -0.1) is 0 Å². The second kappa shape index (κ2) is 7.49. The minimum absolute atomic E-state index is 0.126. The van der Waals surface area contributed by atoms with Crippen LogP contribution in [0.5, 0.6) is 0 Å². The second-order valence-electron chi connectivity index (χ2n) is 5.07. The van der Waals surface area contributed by atoms with Gasteiger partial charge in [0.25, 0.3) is 0 Å². The van der Waals surface area contributed by atoms with Gasteiger partial charge in [-0.25, -0.2) is 0 Å². The van der Waals surface area contributed by atoms with Gasteiger partial charge in [0.1, 0.15) is 0 Å². The standard InChI is InChI=1S/C18H21NO/c1-15-7-9-17(10-8-15)11-12-18(20)19-14-13-16-5-3-2-4-6-16/h2-10H,11-14H2,1H3,(H,19,20). The summed E-state index contributed by atoms with van der Waals surface area (Å²) in [6.45, 7) is 2.77. The minimum Gasteiger partial charge on any atom is -0.356 e. The largest absolute Gasteiger partial charge is 0.356 e. The van der Waals surface area contributed by atoms with Crippen LogP contribution in [0, 0.1) is 6.92 Å². The molecule has 0 saturated carbocycles. The first-order valence-electron chi connectivity index (χ1n) is 7.10. The minimum atomic E-state index is 0.126. The highest BCUT2D eigenvalue weighted by Crippen LogP contribution is 2.05. The fourth-order valence-corrected chi connectivity index (χ4v) is 2.09. The van der Waals surface area contributed by atoms with Gasteiger partial charge in [0.05, 0.1) is 0 Å². The van der Waals surface area contributed by atoms with Crippen molar-refractivity contribution in [3.05, 3.63) is 71.3 Å². The predicted molar refractivity (Wildman–Crippen MR) is 82.7 cm³/mol. The Kier molecular flexibility index (Phi) is 5.36. The molecule has 0 heterocycles. The number of carbonyl (C=O) groups excluding carboxylic acids is 1. The van der Waals surface area contributed by atoms with Crippen molar-refractivity contribution in [2.45, 2.75) is 26.2 Å². The van der Waals surface area contributed by atoms with Crippen LogP contribution in [0.4, 0.5) is 0 Å². The fourth-order valence-electron chi connectivity index (χ4n) is 2.09. The highest BCUT2D eigenvalue weighted by atomic mass is 16.1. The Morgan fingerprint density at radius 3 is 2.25 bits per heavy atom. The Hall–Kier alpha value is -2.09. The van der Waals surface area contributed by atoms with E-state index in [-0.39, 0.29) is 5.91 Å². The van der Waals surface area contributed by atoms with Crippen LogP contribution in [0.15, 0.2) is 54.6 Å². The fraction of sp³-hybridized carbons (Fsp3) is 0.278. The third kappa shape index (κ3) is 4.88. The van der Waals surface area contributed by atoms with Gasteiger partial charge in [0.15, 0.2) is 0 Å². The van der Waals surface area contributed by atoms with E-state index in [1.807, 2.05) is 18.2 Å². The maximum Gasteiger partial charge on any atom is 0.220 e. The Balaban J connectivity index is 1.67. The van der Waals surface area contributed by atoms with Gasteiger partial charge in [0, 0.05) is 13.0 Å². The van der Waals surface area contributed by atoms with E-state index >= 15 is 0 Å². The topological polar surface area (TPSA) is 29.1 Å². The SMILES string of the molecule is Cc1ccc(CCC(=O)NCCc2ccccc2)cc1. The lowest BCUT2D eigenvalue weighted by Gasteiger charge is -2.06. The maximum atomic E-state index is 11.8.